The predicted molar refractivity (Wildman–Crippen MR) is 99.1 cm³/mol. The highest BCUT2D eigenvalue weighted by Gasteiger charge is 2.19. The van der Waals surface area contributed by atoms with Crippen molar-refractivity contribution in [1.82, 2.24) is 19.8 Å². The normalized spacial score (nSPS) is 12.0. The number of carbonyl (C=O) groups is 1. The molecular formula is C18H26N4OS. The lowest BCUT2D eigenvalue weighted by molar-refractivity contribution is 0.201. The van der Waals surface area contributed by atoms with Crippen LogP contribution in [0.5, 0.6) is 0 Å². The Morgan fingerprint density at radius 2 is 2.25 bits per heavy atom. The van der Waals surface area contributed by atoms with Crippen molar-refractivity contribution in [3.8, 4) is 0 Å². The van der Waals surface area contributed by atoms with Crippen LogP contribution in [0.2, 0.25) is 0 Å². The number of aryl methyl sites for hydroxylation is 1. The molecule has 1 N–H and O–H groups in total. The number of rotatable bonds is 7. The zero-order valence-electron chi connectivity index (χ0n) is 14.8. The number of aromatic nitrogens is 2. The predicted octanol–water partition coefficient (Wildman–Crippen LogP) is 3.82. The Kier molecular flexibility index (Phi) is 6.73. The fourth-order valence-electron chi connectivity index (χ4n) is 2.64. The van der Waals surface area contributed by atoms with Gasteiger partial charge in [0.25, 0.3) is 0 Å². The molecule has 0 saturated carbocycles. The van der Waals surface area contributed by atoms with Gasteiger partial charge in [-0.25, -0.2) is 9.78 Å². The van der Waals surface area contributed by atoms with Crippen molar-refractivity contribution < 1.29 is 4.79 Å². The van der Waals surface area contributed by atoms with Crippen molar-refractivity contribution in [2.24, 2.45) is 7.05 Å². The number of hydrogen-bond acceptors (Lipinski definition) is 3. The molecule has 0 spiro atoms. The van der Waals surface area contributed by atoms with Gasteiger partial charge in [0.15, 0.2) is 0 Å². The summed E-state index contributed by atoms with van der Waals surface area (Å²) in [6.07, 6.45) is 7.57. The molecule has 0 aliphatic carbocycles. The van der Waals surface area contributed by atoms with Crippen molar-refractivity contribution >= 4 is 17.8 Å². The number of imidazole rings is 1. The molecule has 6 heteroatoms. The summed E-state index contributed by atoms with van der Waals surface area (Å²) in [5.41, 5.74) is 1.13. The second-order valence-electron chi connectivity index (χ2n) is 5.89. The van der Waals surface area contributed by atoms with E-state index in [1.165, 1.54) is 4.90 Å². The minimum Gasteiger partial charge on any atom is -0.336 e. The van der Waals surface area contributed by atoms with Gasteiger partial charge in [-0.3, -0.25) is 0 Å². The summed E-state index contributed by atoms with van der Waals surface area (Å²) in [7, 11) is 3.78. The smallest absolute Gasteiger partial charge is 0.318 e. The van der Waals surface area contributed by atoms with Gasteiger partial charge in [-0.15, -0.1) is 11.8 Å². The first-order chi connectivity index (χ1) is 11.5. The fraction of sp³-hybridized carbons (Fsp3) is 0.444. The van der Waals surface area contributed by atoms with Crippen LogP contribution in [0.15, 0.2) is 41.6 Å². The van der Waals surface area contributed by atoms with Gasteiger partial charge in [0.2, 0.25) is 0 Å². The minimum atomic E-state index is -0.0778. The first-order valence-electron chi connectivity index (χ1n) is 8.17. The Balaban J connectivity index is 2.02. The maximum atomic E-state index is 12.6. The van der Waals surface area contributed by atoms with Crippen LogP contribution in [0.4, 0.5) is 4.79 Å². The monoisotopic (exact) mass is 346 g/mol. The average molecular weight is 347 g/mol. The average Bonchev–Trinajstić information content (AvgIpc) is 3.00. The van der Waals surface area contributed by atoms with Crippen LogP contribution in [0.1, 0.15) is 37.2 Å². The van der Waals surface area contributed by atoms with Crippen molar-refractivity contribution in [3.63, 3.8) is 0 Å². The van der Waals surface area contributed by atoms with Crippen molar-refractivity contribution in [2.45, 2.75) is 37.2 Å². The fourth-order valence-corrected chi connectivity index (χ4v) is 3.13. The molecule has 0 radical (unpaired) electrons. The molecule has 24 heavy (non-hydrogen) atoms. The number of thioether (sulfide) groups is 1. The Bertz CT molecular complexity index is 671. The molecule has 0 unspecified atom stereocenters. The SMILES string of the molecule is CCC[C@@H](NC(=O)N(C)Cc1cccc(SC)c1)c1nccn1C. The molecule has 2 amide bonds. The van der Waals surface area contributed by atoms with E-state index in [1.54, 1.807) is 22.9 Å². The van der Waals surface area contributed by atoms with Crippen LogP contribution >= 0.6 is 11.8 Å². The van der Waals surface area contributed by atoms with Crippen LogP contribution in [0.25, 0.3) is 0 Å². The van der Waals surface area contributed by atoms with E-state index in [1.807, 2.05) is 37.0 Å². The van der Waals surface area contributed by atoms with Gasteiger partial charge >= 0.3 is 6.03 Å². The van der Waals surface area contributed by atoms with E-state index in [0.717, 1.165) is 24.2 Å². The highest BCUT2D eigenvalue weighted by molar-refractivity contribution is 7.98. The lowest BCUT2D eigenvalue weighted by atomic mass is 10.1. The molecule has 0 fully saturated rings. The van der Waals surface area contributed by atoms with E-state index >= 15 is 0 Å². The van der Waals surface area contributed by atoms with E-state index in [9.17, 15) is 4.79 Å². The first kappa shape index (κ1) is 18.4. The van der Waals surface area contributed by atoms with E-state index in [-0.39, 0.29) is 12.1 Å². The summed E-state index contributed by atoms with van der Waals surface area (Å²) in [6, 6.07) is 8.13. The molecule has 1 atom stereocenters. The van der Waals surface area contributed by atoms with Gasteiger partial charge in [-0.05, 0) is 30.4 Å². The van der Waals surface area contributed by atoms with E-state index < -0.39 is 0 Å². The third-order valence-corrected chi connectivity index (χ3v) is 4.67. The lowest BCUT2D eigenvalue weighted by Crippen LogP contribution is -2.39. The Hall–Kier alpha value is -1.95. The summed E-state index contributed by atoms with van der Waals surface area (Å²) in [4.78, 5) is 19.9. The van der Waals surface area contributed by atoms with Gasteiger partial charge in [0.05, 0.1) is 6.04 Å². The topological polar surface area (TPSA) is 50.2 Å². The van der Waals surface area contributed by atoms with Gasteiger partial charge in [-0.2, -0.15) is 0 Å². The number of nitrogens with one attached hydrogen (secondary N) is 1. The molecule has 5 nitrogen and oxygen atoms in total. The molecule has 2 aromatic rings. The summed E-state index contributed by atoms with van der Waals surface area (Å²) in [5.74, 6) is 0.892. The maximum absolute atomic E-state index is 12.6. The summed E-state index contributed by atoms with van der Waals surface area (Å²) < 4.78 is 1.96. The number of hydrogen-bond donors (Lipinski definition) is 1. The molecular weight excluding hydrogens is 320 g/mol. The largest absolute Gasteiger partial charge is 0.336 e. The van der Waals surface area contributed by atoms with Gasteiger partial charge in [-0.1, -0.05) is 25.5 Å². The second kappa shape index (κ2) is 8.78. The number of benzene rings is 1. The zero-order valence-corrected chi connectivity index (χ0v) is 15.6. The van der Waals surface area contributed by atoms with Gasteiger partial charge in [0.1, 0.15) is 5.82 Å². The summed E-state index contributed by atoms with van der Waals surface area (Å²) >= 11 is 1.71. The van der Waals surface area contributed by atoms with Gasteiger partial charge < -0.3 is 14.8 Å². The third-order valence-electron chi connectivity index (χ3n) is 3.95. The molecule has 0 aliphatic heterocycles. The summed E-state index contributed by atoms with van der Waals surface area (Å²) in [6.45, 7) is 2.69. The molecule has 1 heterocycles. The number of urea groups is 1. The molecule has 1 aromatic heterocycles. The molecule has 0 bridgehead atoms. The van der Waals surface area contributed by atoms with Crippen LogP contribution < -0.4 is 5.32 Å². The van der Waals surface area contributed by atoms with Crippen LogP contribution in [0, 0.1) is 0 Å². The Morgan fingerprint density at radius 3 is 2.88 bits per heavy atom. The lowest BCUT2D eigenvalue weighted by Gasteiger charge is -2.23. The minimum absolute atomic E-state index is 0.0671. The number of carbonyl (C=O) groups excluding carboxylic acids is 1. The zero-order chi connectivity index (χ0) is 17.5. The van der Waals surface area contributed by atoms with Crippen molar-refractivity contribution in [3.05, 3.63) is 48.0 Å². The quantitative estimate of drug-likeness (QED) is 0.775. The van der Waals surface area contributed by atoms with Crippen LogP contribution in [-0.4, -0.2) is 33.8 Å². The van der Waals surface area contributed by atoms with Crippen LogP contribution in [0.3, 0.4) is 0 Å². The van der Waals surface area contributed by atoms with Gasteiger partial charge in [0, 0.05) is 37.9 Å². The third kappa shape index (κ3) is 4.77. The number of nitrogens with zero attached hydrogens (tertiary/aromatic N) is 3. The van der Waals surface area contributed by atoms with E-state index in [4.69, 9.17) is 0 Å². The first-order valence-corrected chi connectivity index (χ1v) is 9.39. The Morgan fingerprint density at radius 1 is 1.46 bits per heavy atom. The highest BCUT2D eigenvalue weighted by atomic mass is 32.2. The van der Waals surface area contributed by atoms with Crippen molar-refractivity contribution in [2.75, 3.05) is 13.3 Å². The van der Waals surface area contributed by atoms with E-state index in [0.29, 0.717) is 6.54 Å². The molecule has 0 saturated heterocycles. The molecule has 0 aliphatic rings. The standard InChI is InChI=1S/C18H26N4OS/c1-5-7-16(17-19-10-11-21(17)2)20-18(23)22(3)13-14-8-6-9-15(12-14)24-4/h6,8-12,16H,5,7,13H2,1-4H3,(H,20,23)/t16-/m1/s1. The number of amides is 2. The van der Waals surface area contributed by atoms with E-state index in [2.05, 4.69) is 35.6 Å². The maximum Gasteiger partial charge on any atom is 0.318 e. The molecule has 130 valence electrons. The molecule has 2 rings (SSSR count). The Labute approximate surface area is 148 Å². The summed E-state index contributed by atoms with van der Waals surface area (Å²) in [5, 5.41) is 3.11. The second-order valence-corrected chi connectivity index (χ2v) is 6.77. The highest BCUT2D eigenvalue weighted by Crippen LogP contribution is 2.18. The molecule has 1 aromatic carbocycles. The van der Waals surface area contributed by atoms with Crippen LogP contribution in [-0.2, 0) is 13.6 Å². The van der Waals surface area contributed by atoms with Crippen molar-refractivity contribution in [1.29, 1.82) is 0 Å².